The van der Waals surface area contributed by atoms with E-state index in [-0.39, 0.29) is 29.6 Å². The highest BCUT2D eigenvalue weighted by Gasteiger charge is 2.30. The predicted octanol–water partition coefficient (Wildman–Crippen LogP) is 4.31. The second-order valence-electron chi connectivity index (χ2n) is 5.81. The lowest BCUT2D eigenvalue weighted by atomic mass is 10.2. The smallest absolute Gasteiger partial charge is 0.348 e. The van der Waals surface area contributed by atoms with Crippen molar-refractivity contribution in [2.45, 2.75) is 12.7 Å². The second kappa shape index (κ2) is 8.03. The minimum atomic E-state index is -4.45. The summed E-state index contributed by atoms with van der Waals surface area (Å²) >= 11 is 0. The quantitative estimate of drug-likeness (QED) is 0.638. The van der Waals surface area contributed by atoms with E-state index in [0.717, 1.165) is 17.7 Å². The minimum Gasteiger partial charge on any atom is -0.348 e. The van der Waals surface area contributed by atoms with Crippen LogP contribution in [0, 0.1) is 5.82 Å². The maximum Gasteiger partial charge on any atom is 0.416 e. The molecule has 3 rings (SSSR count). The Morgan fingerprint density at radius 1 is 1.00 bits per heavy atom. The van der Waals surface area contributed by atoms with Crippen LogP contribution in [0.3, 0.4) is 0 Å². The van der Waals surface area contributed by atoms with Crippen molar-refractivity contribution in [3.05, 3.63) is 83.4 Å². The molecule has 0 saturated heterocycles. The molecule has 9 heteroatoms. The topological polar surface area (TPSA) is 66.9 Å². The molecule has 0 unspecified atom stereocenters. The van der Waals surface area contributed by atoms with Gasteiger partial charge in [-0.15, -0.1) is 0 Å². The Hall–Kier alpha value is -3.49. The summed E-state index contributed by atoms with van der Waals surface area (Å²) in [6, 6.07) is 10.3. The van der Waals surface area contributed by atoms with Gasteiger partial charge in [0.2, 0.25) is 5.95 Å². The fourth-order valence-corrected chi connectivity index (χ4v) is 2.30. The first kappa shape index (κ1) is 19.3. The number of carbonyl (C=O) groups excluding carboxylic acids is 1. The van der Waals surface area contributed by atoms with Gasteiger partial charge >= 0.3 is 6.18 Å². The number of halogens is 4. The number of alkyl halides is 3. The molecule has 2 N–H and O–H groups in total. The molecule has 2 aromatic carbocycles. The molecule has 0 bridgehead atoms. The summed E-state index contributed by atoms with van der Waals surface area (Å²) in [6.45, 7) is 0.198. The molecule has 0 aliphatic carbocycles. The Bertz CT molecular complexity index is 957. The highest BCUT2D eigenvalue weighted by molar-refractivity contribution is 5.93. The lowest BCUT2D eigenvalue weighted by Crippen LogP contribution is -2.23. The zero-order valence-corrected chi connectivity index (χ0v) is 14.3. The lowest BCUT2D eigenvalue weighted by molar-refractivity contribution is -0.137. The molecule has 144 valence electrons. The molecule has 0 aliphatic heterocycles. The molecule has 0 spiro atoms. The van der Waals surface area contributed by atoms with Crippen LogP contribution in [0.1, 0.15) is 21.5 Å². The molecule has 5 nitrogen and oxygen atoms in total. The van der Waals surface area contributed by atoms with E-state index in [1.807, 2.05) is 0 Å². The van der Waals surface area contributed by atoms with Crippen LogP contribution >= 0.6 is 0 Å². The summed E-state index contributed by atoms with van der Waals surface area (Å²) in [5.74, 6) is -0.753. The van der Waals surface area contributed by atoms with Crippen LogP contribution < -0.4 is 10.6 Å². The van der Waals surface area contributed by atoms with E-state index in [1.54, 1.807) is 12.1 Å². The van der Waals surface area contributed by atoms with Gasteiger partial charge in [0.05, 0.1) is 11.1 Å². The van der Waals surface area contributed by atoms with E-state index in [9.17, 15) is 22.4 Å². The Labute approximate surface area is 157 Å². The van der Waals surface area contributed by atoms with Gasteiger partial charge in [-0.05, 0) is 35.9 Å². The van der Waals surface area contributed by atoms with Crippen molar-refractivity contribution in [3.63, 3.8) is 0 Å². The number of anilines is 2. The average molecular weight is 390 g/mol. The average Bonchev–Trinajstić information content (AvgIpc) is 2.67. The van der Waals surface area contributed by atoms with E-state index >= 15 is 0 Å². The fourth-order valence-electron chi connectivity index (χ4n) is 2.30. The third kappa shape index (κ3) is 5.03. The fraction of sp³-hybridized carbons (Fsp3) is 0.105. The number of hydrogen-bond acceptors (Lipinski definition) is 4. The molecule has 0 saturated carbocycles. The van der Waals surface area contributed by atoms with Crippen molar-refractivity contribution in [1.82, 2.24) is 15.3 Å². The molecular weight excluding hydrogens is 376 g/mol. The highest BCUT2D eigenvalue weighted by atomic mass is 19.4. The van der Waals surface area contributed by atoms with E-state index in [2.05, 4.69) is 20.6 Å². The van der Waals surface area contributed by atoms with Crippen LogP contribution in [-0.4, -0.2) is 15.9 Å². The number of hydrogen-bond donors (Lipinski definition) is 2. The van der Waals surface area contributed by atoms with Crippen molar-refractivity contribution < 1.29 is 22.4 Å². The minimum absolute atomic E-state index is 0.0504. The molecule has 0 radical (unpaired) electrons. The van der Waals surface area contributed by atoms with Gasteiger partial charge < -0.3 is 10.6 Å². The summed E-state index contributed by atoms with van der Waals surface area (Å²) in [4.78, 5) is 20.0. The monoisotopic (exact) mass is 390 g/mol. The summed E-state index contributed by atoms with van der Waals surface area (Å²) in [5, 5.41) is 5.30. The molecule has 1 heterocycles. The number of amides is 1. The maximum absolute atomic E-state index is 12.9. The number of rotatable bonds is 5. The Morgan fingerprint density at radius 3 is 2.32 bits per heavy atom. The highest BCUT2D eigenvalue weighted by Crippen LogP contribution is 2.31. The first-order valence-electron chi connectivity index (χ1n) is 8.10. The van der Waals surface area contributed by atoms with Crippen LogP contribution in [0.5, 0.6) is 0 Å². The van der Waals surface area contributed by atoms with Crippen LogP contribution in [0.4, 0.5) is 29.2 Å². The predicted molar refractivity (Wildman–Crippen MR) is 94.3 cm³/mol. The summed E-state index contributed by atoms with van der Waals surface area (Å²) in [5.41, 5.74) is 0.271. The van der Waals surface area contributed by atoms with Crippen molar-refractivity contribution in [1.29, 1.82) is 0 Å². The third-order valence-electron chi connectivity index (χ3n) is 3.73. The molecule has 3 aromatic rings. The van der Waals surface area contributed by atoms with E-state index in [0.29, 0.717) is 0 Å². The van der Waals surface area contributed by atoms with Gasteiger partial charge in [-0.3, -0.25) is 4.79 Å². The molecule has 1 amide bonds. The molecular formula is C19H14F4N4O. The van der Waals surface area contributed by atoms with Gasteiger partial charge in [0.25, 0.3) is 5.91 Å². The zero-order valence-electron chi connectivity index (χ0n) is 14.3. The molecule has 28 heavy (non-hydrogen) atoms. The molecule has 0 aliphatic rings. The Balaban J connectivity index is 1.61. The molecule has 0 atom stereocenters. The van der Waals surface area contributed by atoms with E-state index in [4.69, 9.17) is 0 Å². The van der Waals surface area contributed by atoms with Gasteiger partial charge in [-0.1, -0.05) is 18.2 Å². The van der Waals surface area contributed by atoms with Crippen LogP contribution in [0.25, 0.3) is 0 Å². The number of nitrogens with one attached hydrogen (secondary N) is 2. The van der Waals surface area contributed by atoms with Gasteiger partial charge in [0, 0.05) is 24.6 Å². The van der Waals surface area contributed by atoms with Gasteiger partial charge in [-0.2, -0.15) is 13.2 Å². The maximum atomic E-state index is 12.9. The lowest BCUT2D eigenvalue weighted by Gasteiger charge is -2.10. The summed E-state index contributed by atoms with van der Waals surface area (Å²) in [7, 11) is 0. The summed E-state index contributed by atoms with van der Waals surface area (Å²) < 4.78 is 51.1. The first-order valence-corrected chi connectivity index (χ1v) is 8.10. The SMILES string of the molecule is O=C(NCc1ccc(F)cc1)c1cnc(Nc2cccc(C(F)(F)F)c2)nc1. The number of aromatic nitrogens is 2. The Morgan fingerprint density at radius 2 is 1.68 bits per heavy atom. The normalized spacial score (nSPS) is 11.1. The van der Waals surface area contributed by atoms with Gasteiger partial charge in [-0.25, -0.2) is 14.4 Å². The van der Waals surface area contributed by atoms with Crippen molar-refractivity contribution in [2.75, 3.05) is 5.32 Å². The van der Waals surface area contributed by atoms with E-state index in [1.165, 1.54) is 36.7 Å². The summed E-state index contributed by atoms with van der Waals surface area (Å²) in [6.07, 6.45) is -1.95. The van der Waals surface area contributed by atoms with Crippen molar-refractivity contribution >= 4 is 17.5 Å². The number of benzene rings is 2. The largest absolute Gasteiger partial charge is 0.416 e. The third-order valence-corrected chi connectivity index (χ3v) is 3.73. The molecule has 1 aromatic heterocycles. The number of nitrogens with zero attached hydrogens (tertiary/aromatic N) is 2. The van der Waals surface area contributed by atoms with Crippen LogP contribution in [0.2, 0.25) is 0 Å². The standard InChI is InChI=1S/C19H14F4N4O/c20-15-6-4-12(5-7-15)9-24-17(28)13-10-25-18(26-11-13)27-16-3-1-2-14(8-16)19(21,22)23/h1-8,10-11H,9H2,(H,24,28)(H,25,26,27). The van der Waals surface area contributed by atoms with Gasteiger partial charge in [0.1, 0.15) is 5.82 Å². The van der Waals surface area contributed by atoms with Crippen LogP contribution in [-0.2, 0) is 12.7 Å². The van der Waals surface area contributed by atoms with Gasteiger partial charge in [0.15, 0.2) is 0 Å². The van der Waals surface area contributed by atoms with Crippen molar-refractivity contribution in [2.24, 2.45) is 0 Å². The Kier molecular flexibility index (Phi) is 5.53. The number of carbonyl (C=O) groups is 1. The molecule has 0 fully saturated rings. The zero-order chi connectivity index (χ0) is 20.1. The van der Waals surface area contributed by atoms with Crippen LogP contribution in [0.15, 0.2) is 60.9 Å². The van der Waals surface area contributed by atoms with E-state index < -0.39 is 17.6 Å². The first-order chi connectivity index (χ1) is 13.3. The second-order valence-corrected chi connectivity index (χ2v) is 5.81. The van der Waals surface area contributed by atoms with Crippen molar-refractivity contribution in [3.8, 4) is 0 Å².